The van der Waals surface area contributed by atoms with Crippen molar-refractivity contribution in [3.63, 3.8) is 0 Å². The summed E-state index contributed by atoms with van der Waals surface area (Å²) >= 11 is 0. The van der Waals surface area contributed by atoms with Crippen LogP contribution in [0.3, 0.4) is 0 Å². The molecule has 10 heavy (non-hydrogen) atoms. The Morgan fingerprint density at radius 3 is 2.20 bits per heavy atom. The van der Waals surface area contributed by atoms with Crippen LogP contribution < -0.4 is 11.5 Å². The second-order valence-electron chi connectivity index (χ2n) is 2.08. The van der Waals surface area contributed by atoms with Crippen LogP contribution in [0.2, 0.25) is 0 Å². The molecule has 0 saturated heterocycles. The second-order valence-corrected chi connectivity index (χ2v) is 2.08. The van der Waals surface area contributed by atoms with E-state index in [1.165, 1.54) is 0 Å². The maximum Gasteiger partial charge on any atom is 2.00 e. The van der Waals surface area contributed by atoms with Gasteiger partial charge in [0.15, 0.2) is 0 Å². The molecule has 0 aliphatic heterocycles. The topological polar surface area (TPSA) is 52.0 Å². The van der Waals surface area contributed by atoms with Crippen LogP contribution in [0.15, 0.2) is 18.2 Å². The van der Waals surface area contributed by atoms with E-state index >= 15 is 0 Å². The van der Waals surface area contributed by atoms with E-state index in [0.29, 0.717) is 11.4 Å². The molecule has 0 aliphatic rings. The predicted octanol–water partition coefficient (Wildman–Crippen LogP) is 1.16. The minimum Gasteiger partial charge on any atom is -0.397 e. The molecule has 3 heteroatoms. The number of aryl methyl sites for hydroxylation is 1. The monoisotopic (exact) mass is 317 g/mol. The molecule has 56 valence electrons. The quantitative estimate of drug-likeness (QED) is 0.706. The maximum atomic E-state index is 5.56. The number of para-hydroxylation sites is 1. The third kappa shape index (κ3) is 1.74. The van der Waals surface area contributed by atoms with Gasteiger partial charge in [0.2, 0.25) is 0 Å². The van der Waals surface area contributed by atoms with Gasteiger partial charge < -0.3 is 11.5 Å². The molecule has 4 N–H and O–H groups in total. The fourth-order valence-electron chi connectivity index (χ4n) is 0.703. The molecule has 0 atom stereocenters. The van der Waals surface area contributed by atoms with Gasteiger partial charge in [0, 0.05) is 0 Å². The van der Waals surface area contributed by atoms with E-state index in [1.54, 1.807) is 6.07 Å². The summed E-state index contributed by atoms with van der Waals surface area (Å²) in [4.78, 5) is 0. The number of anilines is 2. The molecule has 0 radical (unpaired) electrons. The standard InChI is InChI=1S/C7H10N2.Pt/c1-5-3-2-4-6(8)7(5)9;/h2-4H,8-9H2,1H3;/q;+2. The fourth-order valence-corrected chi connectivity index (χ4v) is 0.703. The van der Waals surface area contributed by atoms with E-state index in [-0.39, 0.29) is 21.1 Å². The van der Waals surface area contributed by atoms with E-state index in [9.17, 15) is 0 Å². The Morgan fingerprint density at radius 1 is 1.20 bits per heavy atom. The van der Waals surface area contributed by atoms with Crippen LogP contribution in [0.5, 0.6) is 0 Å². The first-order valence-electron chi connectivity index (χ1n) is 2.82. The summed E-state index contributed by atoms with van der Waals surface area (Å²) in [5.41, 5.74) is 13.4. The molecule has 0 aliphatic carbocycles. The Kier molecular flexibility index (Phi) is 3.44. The summed E-state index contributed by atoms with van der Waals surface area (Å²) in [5.74, 6) is 0. The minimum atomic E-state index is 0. The first-order chi connectivity index (χ1) is 4.22. The Hall–Kier alpha value is -0.492. The van der Waals surface area contributed by atoms with Crippen molar-refractivity contribution in [2.45, 2.75) is 6.92 Å². The average Bonchev–Trinajstić information content (AvgIpc) is 1.83. The molecule has 0 bridgehead atoms. The molecule has 1 aromatic rings. The zero-order chi connectivity index (χ0) is 6.85. The SMILES string of the molecule is Cc1cccc(N)c1N.[Pt+2]. The summed E-state index contributed by atoms with van der Waals surface area (Å²) < 4.78 is 0. The van der Waals surface area contributed by atoms with Crippen LogP contribution in [0.1, 0.15) is 5.56 Å². The molecule has 0 heterocycles. The van der Waals surface area contributed by atoms with Crippen molar-refractivity contribution < 1.29 is 21.1 Å². The normalized spacial score (nSPS) is 8.50. The van der Waals surface area contributed by atoms with E-state index in [1.807, 2.05) is 19.1 Å². The molecular formula is C7H10N2Pt+2. The van der Waals surface area contributed by atoms with Crippen molar-refractivity contribution in [1.82, 2.24) is 0 Å². The zero-order valence-corrected chi connectivity index (χ0v) is 7.98. The number of rotatable bonds is 0. The maximum absolute atomic E-state index is 5.56. The molecule has 1 rings (SSSR count). The summed E-state index contributed by atoms with van der Waals surface area (Å²) in [7, 11) is 0. The van der Waals surface area contributed by atoms with Crippen LogP contribution in [0.4, 0.5) is 11.4 Å². The average molecular weight is 317 g/mol. The van der Waals surface area contributed by atoms with Gasteiger partial charge in [-0.15, -0.1) is 0 Å². The third-order valence-electron chi connectivity index (χ3n) is 1.36. The fraction of sp³-hybridized carbons (Fsp3) is 0.143. The van der Waals surface area contributed by atoms with Gasteiger partial charge in [0.05, 0.1) is 11.4 Å². The van der Waals surface area contributed by atoms with Gasteiger partial charge in [-0.3, -0.25) is 0 Å². The largest absolute Gasteiger partial charge is 2.00 e. The minimum absolute atomic E-state index is 0. The Morgan fingerprint density at radius 2 is 1.80 bits per heavy atom. The Bertz CT molecular complexity index is 203. The molecule has 2 nitrogen and oxygen atoms in total. The van der Waals surface area contributed by atoms with Crippen LogP contribution in [0, 0.1) is 6.92 Å². The van der Waals surface area contributed by atoms with Crippen molar-refractivity contribution in [2.24, 2.45) is 0 Å². The summed E-state index contributed by atoms with van der Waals surface area (Å²) in [6.07, 6.45) is 0. The van der Waals surface area contributed by atoms with Crippen LogP contribution in [-0.4, -0.2) is 0 Å². The van der Waals surface area contributed by atoms with E-state index in [0.717, 1.165) is 5.56 Å². The number of nitrogens with two attached hydrogens (primary N) is 2. The summed E-state index contributed by atoms with van der Waals surface area (Å²) in [5, 5.41) is 0. The van der Waals surface area contributed by atoms with Crippen molar-refractivity contribution in [2.75, 3.05) is 11.5 Å². The summed E-state index contributed by atoms with van der Waals surface area (Å²) in [6.45, 7) is 1.94. The van der Waals surface area contributed by atoms with Gasteiger partial charge in [-0.25, -0.2) is 0 Å². The smallest absolute Gasteiger partial charge is 0.397 e. The van der Waals surface area contributed by atoms with Crippen molar-refractivity contribution in [3.05, 3.63) is 23.8 Å². The number of hydrogen-bond acceptors (Lipinski definition) is 2. The Balaban J connectivity index is 0.000000810. The van der Waals surface area contributed by atoms with Crippen molar-refractivity contribution in [1.29, 1.82) is 0 Å². The molecule has 0 amide bonds. The molecule has 0 aromatic heterocycles. The summed E-state index contributed by atoms with van der Waals surface area (Å²) in [6, 6.07) is 5.62. The molecule has 0 fully saturated rings. The van der Waals surface area contributed by atoms with Gasteiger partial charge >= 0.3 is 21.1 Å². The molecule has 1 aromatic carbocycles. The molecule has 0 unspecified atom stereocenters. The van der Waals surface area contributed by atoms with Crippen LogP contribution >= 0.6 is 0 Å². The van der Waals surface area contributed by atoms with Gasteiger partial charge in [0.25, 0.3) is 0 Å². The third-order valence-corrected chi connectivity index (χ3v) is 1.36. The first-order valence-corrected chi connectivity index (χ1v) is 2.82. The van der Waals surface area contributed by atoms with Gasteiger partial charge in [-0.1, -0.05) is 12.1 Å². The van der Waals surface area contributed by atoms with Crippen molar-refractivity contribution >= 4 is 11.4 Å². The van der Waals surface area contributed by atoms with Gasteiger partial charge in [0.1, 0.15) is 0 Å². The molecule has 0 spiro atoms. The van der Waals surface area contributed by atoms with Crippen LogP contribution in [-0.2, 0) is 21.1 Å². The Labute approximate surface area is 74.9 Å². The van der Waals surface area contributed by atoms with Crippen molar-refractivity contribution in [3.8, 4) is 0 Å². The zero-order valence-electron chi connectivity index (χ0n) is 5.70. The number of benzene rings is 1. The van der Waals surface area contributed by atoms with Gasteiger partial charge in [-0.05, 0) is 18.6 Å². The number of nitrogen functional groups attached to an aromatic ring is 2. The second kappa shape index (κ2) is 3.62. The van der Waals surface area contributed by atoms with E-state index in [4.69, 9.17) is 11.5 Å². The first kappa shape index (κ1) is 9.51. The van der Waals surface area contributed by atoms with E-state index < -0.39 is 0 Å². The molecular weight excluding hydrogens is 307 g/mol. The molecule has 0 saturated carbocycles. The van der Waals surface area contributed by atoms with E-state index in [2.05, 4.69) is 0 Å². The van der Waals surface area contributed by atoms with Gasteiger partial charge in [-0.2, -0.15) is 0 Å². The number of hydrogen-bond donors (Lipinski definition) is 2. The predicted molar refractivity (Wildman–Crippen MR) is 40.0 cm³/mol. The van der Waals surface area contributed by atoms with Crippen LogP contribution in [0.25, 0.3) is 0 Å².